The van der Waals surface area contributed by atoms with E-state index in [-0.39, 0.29) is 5.84 Å². The number of nitrogens with one attached hydrogen (secondary N) is 2. The van der Waals surface area contributed by atoms with Gasteiger partial charge in [-0.1, -0.05) is 32.6 Å². The molecule has 1 aliphatic carbocycles. The Morgan fingerprint density at radius 1 is 1.24 bits per heavy atom. The molecule has 2 aliphatic rings. The summed E-state index contributed by atoms with van der Waals surface area (Å²) >= 11 is 0. The van der Waals surface area contributed by atoms with Crippen LogP contribution in [0.5, 0.6) is 0 Å². The molecule has 6 nitrogen and oxygen atoms in total. The van der Waals surface area contributed by atoms with Gasteiger partial charge in [0, 0.05) is 13.1 Å². The molecule has 1 heterocycles. The number of hydrogen-bond acceptors (Lipinski definition) is 3. The average Bonchev–Trinajstić information content (AvgIpc) is 2.65. The fourth-order valence-electron chi connectivity index (χ4n) is 3.43. The third-order valence-corrected chi connectivity index (χ3v) is 6.42. The molecule has 0 radical (unpaired) electrons. The molecular formula is C14H28N4O2S. The third-order valence-electron chi connectivity index (χ3n) is 4.76. The van der Waals surface area contributed by atoms with Crippen LogP contribution in [0.25, 0.3) is 0 Å². The van der Waals surface area contributed by atoms with E-state index in [0.29, 0.717) is 31.8 Å². The van der Waals surface area contributed by atoms with Crippen LogP contribution in [-0.4, -0.2) is 37.2 Å². The topological polar surface area (TPSA) is 99.3 Å². The monoisotopic (exact) mass is 316 g/mol. The van der Waals surface area contributed by atoms with E-state index in [2.05, 4.69) is 11.6 Å². The maximum atomic E-state index is 12.7. The lowest BCUT2D eigenvalue weighted by molar-refractivity contribution is 0.273. The van der Waals surface area contributed by atoms with Gasteiger partial charge < -0.3 is 5.73 Å². The van der Waals surface area contributed by atoms with Crippen molar-refractivity contribution in [1.82, 2.24) is 9.03 Å². The molecule has 0 aromatic heterocycles. The van der Waals surface area contributed by atoms with Gasteiger partial charge in [0.2, 0.25) is 0 Å². The molecule has 0 amide bonds. The lowest BCUT2D eigenvalue weighted by Gasteiger charge is -2.37. The normalized spacial score (nSPS) is 28.0. The van der Waals surface area contributed by atoms with Crippen molar-refractivity contribution in [2.45, 2.75) is 63.8 Å². The second-order valence-electron chi connectivity index (χ2n) is 6.62. The Morgan fingerprint density at radius 2 is 1.86 bits per heavy atom. The summed E-state index contributed by atoms with van der Waals surface area (Å²) in [6, 6.07) is 0. The molecule has 1 aliphatic heterocycles. The highest BCUT2D eigenvalue weighted by molar-refractivity contribution is 7.87. The molecule has 0 spiro atoms. The second kappa shape index (κ2) is 6.62. The number of nitrogens with two attached hydrogens (primary N) is 1. The summed E-state index contributed by atoms with van der Waals surface area (Å²) < 4.78 is 29.7. The number of hydrogen-bond donors (Lipinski definition) is 3. The van der Waals surface area contributed by atoms with Crippen LogP contribution in [0.4, 0.5) is 0 Å². The Morgan fingerprint density at radius 3 is 2.38 bits per heavy atom. The smallest absolute Gasteiger partial charge is 0.280 e. The van der Waals surface area contributed by atoms with Gasteiger partial charge in [-0.05, 0) is 31.6 Å². The molecule has 21 heavy (non-hydrogen) atoms. The Balaban J connectivity index is 2.16. The van der Waals surface area contributed by atoms with Gasteiger partial charge in [-0.15, -0.1) is 0 Å². The summed E-state index contributed by atoms with van der Waals surface area (Å²) in [6.45, 7) is 3.20. The van der Waals surface area contributed by atoms with Crippen LogP contribution < -0.4 is 10.5 Å². The summed E-state index contributed by atoms with van der Waals surface area (Å²) in [6.07, 6.45) is 7.22. The zero-order chi connectivity index (χ0) is 15.5. The molecule has 0 aromatic rings. The summed E-state index contributed by atoms with van der Waals surface area (Å²) in [4.78, 5) is 0. The fraction of sp³-hybridized carbons (Fsp3) is 0.929. The zero-order valence-corrected chi connectivity index (χ0v) is 13.7. The summed E-state index contributed by atoms with van der Waals surface area (Å²) in [5.41, 5.74) is 4.89. The summed E-state index contributed by atoms with van der Waals surface area (Å²) in [5, 5.41) is 7.90. The maximum Gasteiger partial charge on any atom is 0.280 e. The SMILES string of the molecule is CC1CCCN(S(=O)(=O)NC2(C(=N)N)CCCCCC2)C1. The van der Waals surface area contributed by atoms with Gasteiger partial charge in [-0.2, -0.15) is 17.4 Å². The molecule has 1 atom stereocenters. The van der Waals surface area contributed by atoms with Gasteiger partial charge >= 0.3 is 0 Å². The predicted octanol–water partition coefficient (Wildman–Crippen LogP) is 1.58. The van der Waals surface area contributed by atoms with Crippen LogP contribution in [0.15, 0.2) is 0 Å². The van der Waals surface area contributed by atoms with E-state index < -0.39 is 15.7 Å². The van der Waals surface area contributed by atoms with Crippen molar-refractivity contribution in [2.75, 3.05) is 13.1 Å². The molecule has 4 N–H and O–H groups in total. The van der Waals surface area contributed by atoms with Gasteiger partial charge in [-0.25, -0.2) is 0 Å². The van der Waals surface area contributed by atoms with Gasteiger partial charge in [0.25, 0.3) is 10.2 Å². The first-order valence-corrected chi connectivity index (χ1v) is 9.43. The van der Waals surface area contributed by atoms with Crippen molar-refractivity contribution in [3.05, 3.63) is 0 Å². The fourth-order valence-corrected chi connectivity index (χ4v) is 5.19. The highest BCUT2D eigenvalue weighted by atomic mass is 32.2. The van der Waals surface area contributed by atoms with Crippen molar-refractivity contribution in [2.24, 2.45) is 11.7 Å². The molecular weight excluding hydrogens is 288 g/mol. The van der Waals surface area contributed by atoms with Crippen molar-refractivity contribution in [3.63, 3.8) is 0 Å². The Kier molecular flexibility index (Phi) is 5.27. The number of amidine groups is 1. The lowest BCUT2D eigenvalue weighted by Crippen LogP contribution is -2.60. The average molecular weight is 316 g/mol. The van der Waals surface area contributed by atoms with E-state index in [1.54, 1.807) is 0 Å². The first-order chi connectivity index (χ1) is 9.86. The Labute approximate surface area is 128 Å². The number of rotatable bonds is 4. The first-order valence-electron chi connectivity index (χ1n) is 7.99. The van der Waals surface area contributed by atoms with Gasteiger partial charge in [-0.3, -0.25) is 5.41 Å². The van der Waals surface area contributed by atoms with E-state index in [0.717, 1.165) is 38.5 Å². The van der Waals surface area contributed by atoms with Crippen LogP contribution in [0.1, 0.15) is 58.3 Å². The van der Waals surface area contributed by atoms with Crippen LogP contribution in [-0.2, 0) is 10.2 Å². The molecule has 1 saturated carbocycles. The van der Waals surface area contributed by atoms with Crippen LogP contribution >= 0.6 is 0 Å². The molecule has 7 heteroatoms. The first kappa shape index (κ1) is 16.7. The quantitative estimate of drug-likeness (QED) is 0.417. The Bertz CT molecular complexity index is 469. The molecule has 122 valence electrons. The summed E-state index contributed by atoms with van der Waals surface area (Å²) in [7, 11) is -3.57. The van der Waals surface area contributed by atoms with E-state index in [1.165, 1.54) is 4.31 Å². The van der Waals surface area contributed by atoms with Crippen molar-refractivity contribution >= 4 is 16.0 Å². The molecule has 1 unspecified atom stereocenters. The third kappa shape index (κ3) is 3.96. The van der Waals surface area contributed by atoms with Crippen LogP contribution in [0.2, 0.25) is 0 Å². The minimum Gasteiger partial charge on any atom is -0.386 e. The van der Waals surface area contributed by atoms with Gasteiger partial charge in [0.1, 0.15) is 5.84 Å². The van der Waals surface area contributed by atoms with E-state index in [4.69, 9.17) is 11.1 Å². The number of piperidine rings is 1. The van der Waals surface area contributed by atoms with Gasteiger partial charge in [0.05, 0.1) is 5.54 Å². The van der Waals surface area contributed by atoms with Crippen molar-refractivity contribution < 1.29 is 8.42 Å². The lowest BCUT2D eigenvalue weighted by atomic mass is 9.90. The van der Waals surface area contributed by atoms with Gasteiger partial charge in [0.15, 0.2) is 0 Å². The van der Waals surface area contributed by atoms with E-state index >= 15 is 0 Å². The van der Waals surface area contributed by atoms with E-state index in [1.807, 2.05) is 0 Å². The molecule has 2 fully saturated rings. The van der Waals surface area contributed by atoms with E-state index in [9.17, 15) is 8.42 Å². The highest BCUT2D eigenvalue weighted by Gasteiger charge is 2.40. The molecule has 1 saturated heterocycles. The molecule has 0 aromatic carbocycles. The van der Waals surface area contributed by atoms with Crippen LogP contribution in [0, 0.1) is 11.3 Å². The van der Waals surface area contributed by atoms with Crippen LogP contribution in [0.3, 0.4) is 0 Å². The molecule has 2 rings (SSSR count). The Hall–Kier alpha value is -0.660. The van der Waals surface area contributed by atoms with Crippen molar-refractivity contribution in [1.29, 1.82) is 5.41 Å². The standard InChI is InChI=1S/C14H28N4O2S/c1-12-7-6-10-18(11-12)21(19,20)17-14(13(15)16)8-4-2-3-5-9-14/h12,17H,2-11H2,1H3,(H3,15,16). The van der Waals surface area contributed by atoms with Crippen molar-refractivity contribution in [3.8, 4) is 0 Å². The molecule has 0 bridgehead atoms. The minimum absolute atomic E-state index is 0.0435. The zero-order valence-electron chi connectivity index (χ0n) is 12.9. The predicted molar refractivity (Wildman–Crippen MR) is 84.4 cm³/mol. The maximum absolute atomic E-state index is 12.7. The second-order valence-corrected chi connectivity index (χ2v) is 8.29. The minimum atomic E-state index is -3.57. The highest BCUT2D eigenvalue weighted by Crippen LogP contribution is 2.29. The largest absolute Gasteiger partial charge is 0.386 e. The number of nitrogens with zero attached hydrogens (tertiary/aromatic N) is 1. The summed E-state index contributed by atoms with van der Waals surface area (Å²) in [5.74, 6) is 0.343.